The highest BCUT2D eigenvalue weighted by molar-refractivity contribution is 5.99. The molecule has 0 atom stereocenters. The summed E-state index contributed by atoms with van der Waals surface area (Å²) in [4.78, 5) is 19.9. The summed E-state index contributed by atoms with van der Waals surface area (Å²) >= 11 is 0. The van der Waals surface area contributed by atoms with Crippen molar-refractivity contribution < 1.29 is 4.92 Å². The van der Waals surface area contributed by atoms with Crippen molar-refractivity contribution in [3.63, 3.8) is 0 Å². The molecule has 7 heteroatoms. The summed E-state index contributed by atoms with van der Waals surface area (Å²) in [6.07, 6.45) is 3.21. The average Bonchev–Trinajstić information content (AvgIpc) is 2.78. The molecule has 2 heterocycles. The number of piperazine rings is 1. The number of pyridine rings is 1. The number of benzene rings is 2. The summed E-state index contributed by atoms with van der Waals surface area (Å²) in [5.41, 5.74) is 3.45. The van der Waals surface area contributed by atoms with Crippen LogP contribution in [0.25, 0.3) is 10.8 Å². The Bertz CT molecular complexity index is 1010. The van der Waals surface area contributed by atoms with Gasteiger partial charge in [-0.15, -0.1) is 0 Å². The third kappa shape index (κ3) is 4.58. The van der Waals surface area contributed by atoms with Crippen molar-refractivity contribution in [2.24, 2.45) is 0 Å². The van der Waals surface area contributed by atoms with Crippen LogP contribution < -0.4 is 5.32 Å². The highest BCUT2D eigenvalue weighted by Crippen LogP contribution is 2.30. The van der Waals surface area contributed by atoms with E-state index in [1.54, 1.807) is 18.5 Å². The molecular formula is C23H27N5O2. The Morgan fingerprint density at radius 3 is 2.37 bits per heavy atom. The van der Waals surface area contributed by atoms with Crippen LogP contribution >= 0.6 is 0 Å². The molecule has 0 unspecified atom stereocenters. The summed E-state index contributed by atoms with van der Waals surface area (Å²) in [5, 5.41) is 16.0. The van der Waals surface area contributed by atoms with Gasteiger partial charge in [-0.05, 0) is 29.8 Å². The van der Waals surface area contributed by atoms with Crippen LogP contribution in [0.15, 0.2) is 54.9 Å². The van der Waals surface area contributed by atoms with Crippen molar-refractivity contribution in [2.45, 2.75) is 20.0 Å². The number of non-ortho nitro benzene ring substituents is 1. The lowest BCUT2D eigenvalue weighted by Gasteiger charge is -2.34. The fraction of sp³-hybridized carbons (Fsp3) is 0.348. The van der Waals surface area contributed by atoms with Gasteiger partial charge in [0.25, 0.3) is 5.69 Å². The number of anilines is 1. The summed E-state index contributed by atoms with van der Waals surface area (Å²) in [6, 6.07) is 13.8. The van der Waals surface area contributed by atoms with Crippen molar-refractivity contribution in [3.8, 4) is 0 Å². The lowest BCUT2D eigenvalue weighted by molar-refractivity contribution is -0.383. The number of nitro benzene ring substituents is 1. The molecule has 0 spiro atoms. The molecule has 0 aliphatic carbocycles. The number of nitrogens with one attached hydrogen (secondary N) is 1. The first-order chi connectivity index (χ1) is 14.6. The van der Waals surface area contributed by atoms with Gasteiger partial charge in [0.15, 0.2) is 0 Å². The van der Waals surface area contributed by atoms with Gasteiger partial charge in [-0.1, -0.05) is 31.2 Å². The van der Waals surface area contributed by atoms with Gasteiger partial charge in [-0.2, -0.15) is 0 Å². The lowest BCUT2D eigenvalue weighted by atomic mass is 10.1. The minimum atomic E-state index is -0.366. The molecule has 1 saturated heterocycles. The molecule has 30 heavy (non-hydrogen) atoms. The predicted molar refractivity (Wildman–Crippen MR) is 120 cm³/mol. The van der Waals surface area contributed by atoms with E-state index < -0.39 is 0 Å². The number of rotatable bonds is 7. The van der Waals surface area contributed by atoms with Crippen LogP contribution in [-0.2, 0) is 13.1 Å². The van der Waals surface area contributed by atoms with Gasteiger partial charge >= 0.3 is 0 Å². The molecule has 1 aromatic heterocycles. The van der Waals surface area contributed by atoms with Gasteiger partial charge < -0.3 is 10.2 Å². The van der Waals surface area contributed by atoms with Crippen molar-refractivity contribution in [2.75, 3.05) is 38.0 Å². The molecule has 1 N–H and O–H groups in total. The van der Waals surface area contributed by atoms with Crippen LogP contribution in [0.5, 0.6) is 0 Å². The molecule has 2 aromatic carbocycles. The third-order valence-corrected chi connectivity index (χ3v) is 5.82. The highest BCUT2D eigenvalue weighted by Gasteiger charge is 2.16. The van der Waals surface area contributed by atoms with E-state index in [1.807, 2.05) is 6.07 Å². The van der Waals surface area contributed by atoms with Crippen molar-refractivity contribution in [1.29, 1.82) is 0 Å². The van der Waals surface area contributed by atoms with Gasteiger partial charge in [-0.3, -0.25) is 20.0 Å². The largest absolute Gasteiger partial charge is 0.380 e. The Balaban J connectivity index is 1.39. The Morgan fingerprint density at radius 1 is 0.967 bits per heavy atom. The van der Waals surface area contributed by atoms with Crippen LogP contribution in [0.4, 0.5) is 11.4 Å². The van der Waals surface area contributed by atoms with E-state index in [4.69, 9.17) is 0 Å². The van der Waals surface area contributed by atoms with Crippen LogP contribution in [0, 0.1) is 10.1 Å². The first-order valence-electron chi connectivity index (χ1n) is 10.4. The Labute approximate surface area is 176 Å². The molecule has 1 aliphatic heterocycles. The summed E-state index contributed by atoms with van der Waals surface area (Å²) < 4.78 is 0. The maximum atomic E-state index is 11.3. The highest BCUT2D eigenvalue weighted by atomic mass is 16.6. The molecule has 1 aliphatic rings. The van der Waals surface area contributed by atoms with E-state index in [2.05, 4.69) is 51.3 Å². The third-order valence-electron chi connectivity index (χ3n) is 5.82. The van der Waals surface area contributed by atoms with E-state index in [0.29, 0.717) is 11.9 Å². The van der Waals surface area contributed by atoms with Gasteiger partial charge in [0.2, 0.25) is 0 Å². The van der Waals surface area contributed by atoms with Crippen molar-refractivity contribution in [3.05, 3.63) is 76.1 Å². The number of nitro groups is 1. The first kappa shape index (κ1) is 20.3. The number of hydrogen-bond acceptors (Lipinski definition) is 6. The van der Waals surface area contributed by atoms with Gasteiger partial charge in [-0.25, -0.2) is 0 Å². The zero-order valence-electron chi connectivity index (χ0n) is 17.3. The van der Waals surface area contributed by atoms with Gasteiger partial charge in [0, 0.05) is 68.8 Å². The molecule has 156 valence electrons. The predicted octanol–water partition coefficient (Wildman–Crippen LogP) is 3.89. The van der Waals surface area contributed by atoms with E-state index in [0.717, 1.165) is 50.3 Å². The first-order valence-corrected chi connectivity index (χ1v) is 10.4. The maximum absolute atomic E-state index is 11.3. The molecular weight excluding hydrogens is 378 g/mol. The number of nitrogens with zero attached hydrogens (tertiary/aromatic N) is 4. The fourth-order valence-corrected chi connectivity index (χ4v) is 3.97. The molecule has 0 bridgehead atoms. The number of likely N-dealkylation sites (N-methyl/N-ethyl adjacent to an activating group) is 1. The second-order valence-electron chi connectivity index (χ2n) is 7.69. The van der Waals surface area contributed by atoms with Gasteiger partial charge in [0.1, 0.15) is 0 Å². The number of aromatic nitrogens is 1. The number of hydrogen-bond donors (Lipinski definition) is 1. The number of fused-ring (bicyclic) bond motifs is 1. The quantitative estimate of drug-likeness (QED) is 0.475. The molecule has 1 fully saturated rings. The Kier molecular flexibility index (Phi) is 6.21. The topological polar surface area (TPSA) is 74.5 Å². The minimum absolute atomic E-state index is 0.0766. The van der Waals surface area contributed by atoms with E-state index in [-0.39, 0.29) is 10.6 Å². The van der Waals surface area contributed by atoms with E-state index in [1.165, 1.54) is 17.2 Å². The van der Waals surface area contributed by atoms with Crippen LogP contribution in [0.2, 0.25) is 0 Å². The summed E-state index contributed by atoms with van der Waals surface area (Å²) in [7, 11) is 0. The molecule has 0 amide bonds. The molecule has 3 aromatic rings. The summed E-state index contributed by atoms with van der Waals surface area (Å²) in [6.45, 7) is 9.55. The molecule has 0 radical (unpaired) electrons. The fourth-order valence-electron chi connectivity index (χ4n) is 3.97. The van der Waals surface area contributed by atoms with Crippen LogP contribution in [0.3, 0.4) is 0 Å². The average molecular weight is 406 g/mol. The Morgan fingerprint density at radius 2 is 1.67 bits per heavy atom. The zero-order chi connectivity index (χ0) is 20.9. The maximum Gasteiger partial charge on any atom is 0.278 e. The van der Waals surface area contributed by atoms with E-state index >= 15 is 0 Å². The second kappa shape index (κ2) is 9.19. The van der Waals surface area contributed by atoms with Crippen LogP contribution in [0.1, 0.15) is 18.1 Å². The normalized spacial score (nSPS) is 15.4. The molecule has 7 nitrogen and oxygen atoms in total. The van der Waals surface area contributed by atoms with Crippen molar-refractivity contribution in [1.82, 2.24) is 14.8 Å². The standard InChI is InChI=1S/C23H27N5O2/c1-2-26-11-13-27(14-12-26)17-19-5-3-18(4-6-19)15-25-22-7-8-23(28(29)30)21-16-24-10-9-20(21)22/h3-10,16,25H,2,11-15,17H2,1H3. The van der Waals surface area contributed by atoms with Crippen molar-refractivity contribution >= 4 is 22.1 Å². The molecule has 4 rings (SSSR count). The van der Waals surface area contributed by atoms with Gasteiger partial charge in [0.05, 0.1) is 10.3 Å². The second-order valence-corrected chi connectivity index (χ2v) is 7.69. The monoisotopic (exact) mass is 405 g/mol. The summed E-state index contributed by atoms with van der Waals surface area (Å²) in [5.74, 6) is 0. The lowest BCUT2D eigenvalue weighted by Crippen LogP contribution is -2.45. The minimum Gasteiger partial charge on any atom is -0.380 e. The molecule has 0 saturated carbocycles. The Hall–Kier alpha value is -3.03. The van der Waals surface area contributed by atoms with Crippen LogP contribution in [-0.4, -0.2) is 52.4 Å². The SMILES string of the molecule is CCN1CCN(Cc2ccc(CNc3ccc([N+](=O)[O-])c4cnccc34)cc2)CC1. The van der Waals surface area contributed by atoms with E-state index in [9.17, 15) is 10.1 Å². The zero-order valence-corrected chi connectivity index (χ0v) is 17.3. The smallest absolute Gasteiger partial charge is 0.278 e.